The Hall–Kier alpha value is -1.61. The molecule has 0 aliphatic heterocycles. The lowest BCUT2D eigenvalue weighted by Gasteiger charge is -2.19. The molecular formula is C22H28O2S. The van der Waals surface area contributed by atoms with Crippen molar-refractivity contribution in [3.8, 4) is 0 Å². The van der Waals surface area contributed by atoms with E-state index < -0.39 is 14.6 Å². The lowest BCUT2D eigenvalue weighted by molar-refractivity contribution is 0.559. The fourth-order valence-corrected chi connectivity index (χ4v) is 4.37. The van der Waals surface area contributed by atoms with E-state index in [1.165, 1.54) is 41.5 Å². The highest BCUT2D eigenvalue weighted by atomic mass is 32.2. The van der Waals surface area contributed by atoms with Crippen molar-refractivity contribution in [1.29, 1.82) is 0 Å². The molecule has 0 radical (unpaired) electrons. The van der Waals surface area contributed by atoms with Gasteiger partial charge in [-0.25, -0.2) is 8.42 Å². The lowest BCUT2D eigenvalue weighted by atomic mass is 10.00. The third-order valence-corrected chi connectivity index (χ3v) is 7.76. The summed E-state index contributed by atoms with van der Waals surface area (Å²) in [4.78, 5) is 0. The molecule has 0 atom stereocenters. The molecule has 2 aromatic carbocycles. The molecule has 2 aromatic rings. The van der Waals surface area contributed by atoms with Crippen molar-refractivity contribution < 1.29 is 8.42 Å². The molecule has 0 spiro atoms. The molecule has 0 fully saturated rings. The summed E-state index contributed by atoms with van der Waals surface area (Å²) >= 11 is 0. The molecule has 0 heterocycles. The Bertz CT molecular complexity index is 841. The Kier molecular flexibility index (Phi) is 5.06. The van der Waals surface area contributed by atoms with Crippen LogP contribution in [0.4, 0.5) is 0 Å². The van der Waals surface area contributed by atoms with Gasteiger partial charge in [-0.1, -0.05) is 42.5 Å². The first kappa shape index (κ1) is 18.2. The second-order valence-corrected chi connectivity index (χ2v) is 10.9. The second-order valence-electron chi connectivity index (χ2n) is 8.14. The van der Waals surface area contributed by atoms with Crippen LogP contribution in [0.3, 0.4) is 0 Å². The summed E-state index contributed by atoms with van der Waals surface area (Å²) in [6.45, 7) is 5.27. The molecular weight excluding hydrogens is 328 g/mol. The van der Waals surface area contributed by atoms with Gasteiger partial charge < -0.3 is 0 Å². The average Bonchev–Trinajstić information content (AvgIpc) is 3.00. The minimum atomic E-state index is -3.12. The fraction of sp³-hybridized carbons (Fsp3) is 0.455. The number of benzene rings is 2. The van der Waals surface area contributed by atoms with Crippen LogP contribution in [0.2, 0.25) is 0 Å². The van der Waals surface area contributed by atoms with E-state index in [1.807, 2.05) is 12.1 Å². The summed E-state index contributed by atoms with van der Waals surface area (Å²) < 4.78 is 23.9. The SMILES string of the molecule is CC(C)(C)S(=O)(=O)Cc1ccc(CCc2ccc3c(c2)CCC3)cc1. The molecule has 1 aliphatic carbocycles. The number of aryl methyl sites for hydroxylation is 4. The number of fused-ring (bicyclic) bond motifs is 1. The highest BCUT2D eigenvalue weighted by Gasteiger charge is 2.28. The van der Waals surface area contributed by atoms with E-state index in [-0.39, 0.29) is 5.75 Å². The van der Waals surface area contributed by atoms with Crippen molar-refractivity contribution in [2.75, 3.05) is 0 Å². The molecule has 3 heteroatoms. The molecule has 0 amide bonds. The Morgan fingerprint density at radius 1 is 0.800 bits per heavy atom. The van der Waals surface area contributed by atoms with Gasteiger partial charge in [-0.2, -0.15) is 0 Å². The van der Waals surface area contributed by atoms with Gasteiger partial charge >= 0.3 is 0 Å². The Labute approximate surface area is 152 Å². The molecule has 134 valence electrons. The number of hydrogen-bond donors (Lipinski definition) is 0. The Morgan fingerprint density at radius 3 is 2.04 bits per heavy atom. The van der Waals surface area contributed by atoms with Crippen molar-refractivity contribution >= 4 is 9.84 Å². The predicted molar refractivity (Wildman–Crippen MR) is 105 cm³/mol. The Balaban J connectivity index is 1.61. The maximum Gasteiger partial charge on any atom is 0.159 e. The van der Waals surface area contributed by atoms with Gasteiger partial charge in [0.1, 0.15) is 0 Å². The zero-order valence-corrected chi connectivity index (χ0v) is 16.3. The molecule has 0 aromatic heterocycles. The second kappa shape index (κ2) is 6.95. The summed E-state index contributed by atoms with van der Waals surface area (Å²) in [5.74, 6) is 0.113. The standard InChI is InChI=1S/C22H28O2S/c1-22(2,3)25(23,24)16-19-11-8-17(9-12-19)7-10-18-13-14-20-5-4-6-21(20)15-18/h8-9,11-15H,4-7,10,16H2,1-3H3. The number of hydrogen-bond acceptors (Lipinski definition) is 2. The summed E-state index contributed by atoms with van der Waals surface area (Å²) in [6, 6.07) is 15.0. The van der Waals surface area contributed by atoms with E-state index in [2.05, 4.69) is 30.3 Å². The van der Waals surface area contributed by atoms with Gasteiger partial charge in [0.05, 0.1) is 10.5 Å². The maximum absolute atomic E-state index is 12.3. The molecule has 25 heavy (non-hydrogen) atoms. The fourth-order valence-electron chi connectivity index (χ4n) is 3.31. The first-order chi connectivity index (χ1) is 11.7. The zero-order valence-electron chi connectivity index (χ0n) is 15.5. The van der Waals surface area contributed by atoms with Crippen LogP contribution in [-0.4, -0.2) is 13.2 Å². The van der Waals surface area contributed by atoms with Crippen molar-refractivity contribution in [1.82, 2.24) is 0 Å². The predicted octanol–water partition coefficient (Wildman–Crippen LogP) is 4.67. The van der Waals surface area contributed by atoms with E-state index in [0.717, 1.165) is 18.4 Å². The highest BCUT2D eigenvalue weighted by Crippen LogP contribution is 2.24. The molecule has 0 N–H and O–H groups in total. The average molecular weight is 357 g/mol. The normalized spacial score (nSPS) is 14.5. The summed E-state index contributed by atoms with van der Waals surface area (Å²) in [6.07, 6.45) is 5.77. The van der Waals surface area contributed by atoms with Crippen molar-refractivity contribution in [2.45, 2.75) is 63.4 Å². The molecule has 0 bridgehead atoms. The minimum absolute atomic E-state index is 0.113. The highest BCUT2D eigenvalue weighted by molar-refractivity contribution is 7.91. The first-order valence-corrected chi connectivity index (χ1v) is 10.8. The van der Waals surface area contributed by atoms with Gasteiger partial charge in [0.25, 0.3) is 0 Å². The van der Waals surface area contributed by atoms with Gasteiger partial charge in [-0.15, -0.1) is 0 Å². The van der Waals surface area contributed by atoms with Crippen molar-refractivity contribution in [2.24, 2.45) is 0 Å². The summed E-state index contributed by atoms with van der Waals surface area (Å²) in [7, 11) is -3.12. The first-order valence-electron chi connectivity index (χ1n) is 9.15. The van der Waals surface area contributed by atoms with E-state index in [1.54, 1.807) is 20.8 Å². The third kappa shape index (κ3) is 4.33. The molecule has 1 aliphatic rings. The van der Waals surface area contributed by atoms with Crippen LogP contribution in [0.1, 0.15) is 55.0 Å². The van der Waals surface area contributed by atoms with Gasteiger partial charge in [-0.3, -0.25) is 0 Å². The van der Waals surface area contributed by atoms with E-state index in [0.29, 0.717) is 0 Å². The van der Waals surface area contributed by atoms with Crippen LogP contribution in [0.5, 0.6) is 0 Å². The van der Waals surface area contributed by atoms with Gasteiger partial charge in [0, 0.05) is 0 Å². The van der Waals surface area contributed by atoms with Crippen molar-refractivity contribution in [3.05, 3.63) is 70.3 Å². The van der Waals surface area contributed by atoms with Crippen molar-refractivity contribution in [3.63, 3.8) is 0 Å². The monoisotopic (exact) mass is 356 g/mol. The van der Waals surface area contributed by atoms with Crippen LogP contribution in [-0.2, 0) is 41.3 Å². The van der Waals surface area contributed by atoms with E-state index in [9.17, 15) is 8.42 Å². The van der Waals surface area contributed by atoms with Crippen LogP contribution in [0, 0.1) is 0 Å². The summed E-state index contributed by atoms with van der Waals surface area (Å²) in [5, 5.41) is 0. The maximum atomic E-state index is 12.3. The smallest absolute Gasteiger partial charge is 0.159 e. The molecule has 0 saturated carbocycles. The molecule has 0 unspecified atom stereocenters. The Morgan fingerprint density at radius 2 is 1.36 bits per heavy atom. The van der Waals surface area contributed by atoms with Crippen LogP contribution in [0.15, 0.2) is 42.5 Å². The van der Waals surface area contributed by atoms with E-state index in [4.69, 9.17) is 0 Å². The third-order valence-electron chi connectivity index (χ3n) is 5.18. The zero-order chi connectivity index (χ0) is 18.1. The van der Waals surface area contributed by atoms with Crippen LogP contribution < -0.4 is 0 Å². The molecule has 2 nitrogen and oxygen atoms in total. The molecule has 3 rings (SSSR count). The quantitative estimate of drug-likeness (QED) is 0.780. The van der Waals surface area contributed by atoms with E-state index >= 15 is 0 Å². The number of sulfone groups is 1. The topological polar surface area (TPSA) is 34.1 Å². The van der Waals surface area contributed by atoms with Gasteiger partial charge in [-0.05, 0) is 80.7 Å². The van der Waals surface area contributed by atoms with Gasteiger partial charge in [0.2, 0.25) is 0 Å². The minimum Gasteiger partial charge on any atom is -0.228 e. The molecule has 0 saturated heterocycles. The lowest BCUT2D eigenvalue weighted by Crippen LogP contribution is -2.29. The van der Waals surface area contributed by atoms with Gasteiger partial charge in [0.15, 0.2) is 9.84 Å². The van der Waals surface area contributed by atoms with Crippen LogP contribution in [0.25, 0.3) is 0 Å². The largest absolute Gasteiger partial charge is 0.228 e. The van der Waals surface area contributed by atoms with Crippen LogP contribution >= 0.6 is 0 Å². The number of rotatable bonds is 5. The summed E-state index contributed by atoms with van der Waals surface area (Å²) in [5.41, 5.74) is 6.59.